The maximum absolute atomic E-state index is 5.40. The fraction of sp³-hybridized carbons (Fsp3) is 0.368. The van der Waals surface area contributed by atoms with Gasteiger partial charge < -0.3 is 4.74 Å². The average Bonchev–Trinajstić information content (AvgIpc) is 3.12. The molecule has 1 aliphatic rings. The summed E-state index contributed by atoms with van der Waals surface area (Å²) in [5.74, 6) is 0.917. The molecule has 0 unspecified atom stereocenters. The molecule has 124 valence electrons. The summed E-state index contributed by atoms with van der Waals surface area (Å²) in [6.07, 6.45) is 3.65. The van der Waals surface area contributed by atoms with Crippen molar-refractivity contribution in [3.05, 3.63) is 53.6 Å². The monoisotopic (exact) mass is 323 g/mol. The lowest BCUT2D eigenvalue weighted by molar-refractivity contribution is 0.140. The van der Waals surface area contributed by atoms with E-state index >= 15 is 0 Å². The minimum absolute atomic E-state index is 0.406. The van der Waals surface area contributed by atoms with E-state index in [0.29, 0.717) is 6.04 Å². The van der Waals surface area contributed by atoms with E-state index in [9.17, 15) is 0 Å². The van der Waals surface area contributed by atoms with Gasteiger partial charge in [-0.15, -0.1) is 0 Å². The largest absolute Gasteiger partial charge is 0.497 e. The molecule has 1 fully saturated rings. The third-order valence-corrected chi connectivity index (χ3v) is 4.84. The van der Waals surface area contributed by atoms with Gasteiger partial charge in [-0.2, -0.15) is 0 Å². The number of hydrogen-bond acceptors (Lipinski definition) is 5. The number of piperidine rings is 1. The Bertz CT molecular complexity index is 830. The zero-order valence-electron chi connectivity index (χ0n) is 13.8. The molecule has 5 heteroatoms. The summed E-state index contributed by atoms with van der Waals surface area (Å²) in [5.41, 5.74) is 4.18. The van der Waals surface area contributed by atoms with Gasteiger partial charge in [0.25, 0.3) is 0 Å². The minimum Gasteiger partial charge on any atom is -0.497 e. The Morgan fingerprint density at radius 2 is 2.08 bits per heavy atom. The summed E-state index contributed by atoms with van der Waals surface area (Å²) in [6.45, 7) is 1.94. The molecule has 1 aromatic heterocycles. The van der Waals surface area contributed by atoms with Crippen LogP contribution in [-0.4, -0.2) is 28.9 Å². The molecule has 1 aliphatic heterocycles. The molecule has 0 bridgehead atoms. The normalized spacial score (nSPS) is 18.8. The quantitative estimate of drug-likeness (QED) is 0.727. The van der Waals surface area contributed by atoms with E-state index in [1.165, 1.54) is 30.4 Å². The second kappa shape index (κ2) is 6.61. The Hall–Kier alpha value is -2.40. The van der Waals surface area contributed by atoms with Gasteiger partial charge in [0.05, 0.1) is 7.11 Å². The average molecular weight is 323 g/mol. The van der Waals surface area contributed by atoms with Gasteiger partial charge in [0, 0.05) is 12.6 Å². The van der Waals surface area contributed by atoms with Gasteiger partial charge in [0.1, 0.15) is 16.8 Å². The van der Waals surface area contributed by atoms with Crippen molar-refractivity contribution in [2.75, 3.05) is 13.7 Å². The number of nitrogens with zero attached hydrogens (tertiary/aromatic N) is 3. The molecule has 0 aliphatic carbocycles. The third-order valence-electron chi connectivity index (χ3n) is 4.84. The van der Waals surface area contributed by atoms with Gasteiger partial charge in [-0.1, -0.05) is 30.7 Å². The van der Waals surface area contributed by atoms with Crippen LogP contribution in [-0.2, 0) is 6.54 Å². The summed E-state index contributed by atoms with van der Waals surface area (Å²) in [6, 6.07) is 14.9. The lowest BCUT2D eigenvalue weighted by Crippen LogP contribution is -2.33. The summed E-state index contributed by atoms with van der Waals surface area (Å²) < 4.78 is 10.3. The van der Waals surface area contributed by atoms with Crippen molar-refractivity contribution in [2.24, 2.45) is 0 Å². The van der Waals surface area contributed by atoms with Crippen molar-refractivity contribution in [2.45, 2.75) is 31.8 Å². The number of hydrogen-bond donors (Lipinski definition) is 0. The summed E-state index contributed by atoms with van der Waals surface area (Å²) in [5, 5.41) is 8.03. The molecular weight excluding hydrogens is 302 g/mol. The Morgan fingerprint density at radius 1 is 1.17 bits per heavy atom. The predicted molar refractivity (Wildman–Crippen MR) is 91.8 cm³/mol. The third kappa shape index (κ3) is 2.87. The second-order valence-corrected chi connectivity index (χ2v) is 6.31. The van der Waals surface area contributed by atoms with Crippen molar-refractivity contribution < 1.29 is 9.37 Å². The molecule has 2 aromatic carbocycles. The zero-order valence-corrected chi connectivity index (χ0v) is 13.8. The van der Waals surface area contributed by atoms with Gasteiger partial charge in [-0.05, 0) is 59.0 Å². The first-order valence-corrected chi connectivity index (χ1v) is 8.43. The van der Waals surface area contributed by atoms with Crippen molar-refractivity contribution in [1.29, 1.82) is 0 Å². The first-order valence-electron chi connectivity index (χ1n) is 8.43. The molecule has 3 aromatic rings. The van der Waals surface area contributed by atoms with Gasteiger partial charge >= 0.3 is 0 Å². The van der Waals surface area contributed by atoms with Crippen LogP contribution in [0.1, 0.15) is 36.4 Å². The number of rotatable bonds is 4. The molecule has 4 rings (SSSR count). The lowest BCUT2D eigenvalue weighted by atomic mass is 9.94. The van der Waals surface area contributed by atoms with Crippen molar-refractivity contribution in [1.82, 2.24) is 15.2 Å². The molecule has 5 nitrogen and oxygen atoms in total. The van der Waals surface area contributed by atoms with Crippen LogP contribution in [0.4, 0.5) is 0 Å². The molecule has 0 spiro atoms. The highest BCUT2D eigenvalue weighted by molar-refractivity contribution is 5.76. The van der Waals surface area contributed by atoms with Crippen molar-refractivity contribution in [3.63, 3.8) is 0 Å². The Labute approximate surface area is 141 Å². The van der Waals surface area contributed by atoms with Gasteiger partial charge in [-0.3, -0.25) is 4.90 Å². The Kier molecular flexibility index (Phi) is 4.17. The number of fused-ring (bicyclic) bond motifs is 1. The van der Waals surface area contributed by atoms with E-state index < -0.39 is 0 Å². The van der Waals surface area contributed by atoms with E-state index in [1.807, 2.05) is 18.2 Å². The zero-order chi connectivity index (χ0) is 16.4. The molecule has 24 heavy (non-hydrogen) atoms. The van der Waals surface area contributed by atoms with E-state index in [4.69, 9.17) is 9.37 Å². The van der Waals surface area contributed by atoms with Crippen LogP contribution < -0.4 is 4.74 Å². The molecular formula is C19H21N3O2. The molecule has 0 N–H and O–H groups in total. The number of likely N-dealkylation sites (tertiary alicyclic amines) is 1. The van der Waals surface area contributed by atoms with E-state index in [2.05, 4.69) is 39.5 Å². The predicted octanol–water partition coefficient (Wildman–Crippen LogP) is 3.96. The molecule has 0 radical (unpaired) electrons. The van der Waals surface area contributed by atoms with Crippen LogP contribution >= 0.6 is 0 Å². The number of methoxy groups -OCH3 is 1. The highest BCUT2D eigenvalue weighted by atomic mass is 16.6. The molecule has 1 saturated heterocycles. The summed E-state index contributed by atoms with van der Waals surface area (Å²) >= 11 is 0. The number of benzene rings is 2. The number of ether oxygens (including phenoxy) is 1. The van der Waals surface area contributed by atoms with Gasteiger partial charge in [-0.25, -0.2) is 4.63 Å². The highest BCUT2D eigenvalue weighted by Crippen LogP contribution is 2.34. The fourth-order valence-electron chi connectivity index (χ4n) is 3.61. The van der Waals surface area contributed by atoms with Crippen LogP contribution in [0.5, 0.6) is 5.75 Å². The summed E-state index contributed by atoms with van der Waals surface area (Å²) in [4.78, 5) is 2.53. The molecule has 0 saturated carbocycles. The van der Waals surface area contributed by atoms with E-state index in [0.717, 1.165) is 29.9 Å². The van der Waals surface area contributed by atoms with Crippen LogP contribution in [0.2, 0.25) is 0 Å². The van der Waals surface area contributed by atoms with Crippen LogP contribution in [0.15, 0.2) is 47.1 Å². The fourth-order valence-corrected chi connectivity index (χ4v) is 3.61. The first-order chi connectivity index (χ1) is 11.8. The molecule has 2 heterocycles. The number of aromatic nitrogens is 2. The van der Waals surface area contributed by atoms with E-state index in [-0.39, 0.29) is 0 Å². The maximum Gasteiger partial charge on any atom is 0.139 e. The Balaban J connectivity index is 1.63. The lowest BCUT2D eigenvalue weighted by Gasteiger charge is -2.36. The SMILES string of the molecule is COc1cccc([C@H]2CCCCN2Cc2cccc3nonc23)c1. The second-order valence-electron chi connectivity index (χ2n) is 6.31. The van der Waals surface area contributed by atoms with Crippen LogP contribution in [0.25, 0.3) is 11.0 Å². The molecule has 1 atom stereocenters. The molecule has 0 amide bonds. The topological polar surface area (TPSA) is 51.4 Å². The highest BCUT2D eigenvalue weighted by Gasteiger charge is 2.25. The van der Waals surface area contributed by atoms with Gasteiger partial charge in [0.2, 0.25) is 0 Å². The Morgan fingerprint density at radius 3 is 3.00 bits per heavy atom. The van der Waals surface area contributed by atoms with Crippen molar-refractivity contribution in [3.8, 4) is 5.75 Å². The van der Waals surface area contributed by atoms with E-state index in [1.54, 1.807) is 7.11 Å². The van der Waals surface area contributed by atoms with Crippen LogP contribution in [0, 0.1) is 0 Å². The summed E-state index contributed by atoms with van der Waals surface area (Å²) in [7, 11) is 1.72. The standard InChI is InChI=1S/C19H21N3O2/c1-23-16-8-4-6-14(12-16)18-10-2-3-11-22(18)13-15-7-5-9-17-19(15)21-24-20-17/h4-9,12,18H,2-3,10-11,13H2,1H3/t18-/m1/s1. The smallest absolute Gasteiger partial charge is 0.139 e. The van der Waals surface area contributed by atoms with Crippen molar-refractivity contribution >= 4 is 11.0 Å². The van der Waals surface area contributed by atoms with Gasteiger partial charge in [0.15, 0.2) is 0 Å². The van der Waals surface area contributed by atoms with Crippen LogP contribution in [0.3, 0.4) is 0 Å². The first kappa shape index (κ1) is 15.1. The maximum atomic E-state index is 5.40. The minimum atomic E-state index is 0.406.